The van der Waals surface area contributed by atoms with Gasteiger partial charge in [0.25, 0.3) is 5.91 Å². The Labute approximate surface area is 128 Å². The first kappa shape index (κ1) is 15.4. The molecule has 2 aromatic heterocycles. The summed E-state index contributed by atoms with van der Waals surface area (Å²) < 4.78 is 0. The largest absolute Gasteiger partial charge is 0.370 e. The van der Waals surface area contributed by atoms with Gasteiger partial charge >= 0.3 is 0 Å². The van der Waals surface area contributed by atoms with E-state index < -0.39 is 0 Å². The third kappa shape index (κ3) is 4.22. The fraction of sp³-hybridized carbons (Fsp3) is 0.429. The van der Waals surface area contributed by atoms with Crippen molar-refractivity contribution in [3.8, 4) is 0 Å². The Bertz CT molecular complexity index is 611. The molecule has 0 aliphatic carbocycles. The highest BCUT2D eigenvalue weighted by molar-refractivity contribution is 7.15. The molecule has 0 saturated heterocycles. The number of rotatable bonds is 6. The molecule has 6 nitrogen and oxygen atoms in total. The predicted molar refractivity (Wildman–Crippen MR) is 84.8 cm³/mol. The molecular weight excluding hydrogens is 286 g/mol. The van der Waals surface area contributed by atoms with Gasteiger partial charge in [-0.2, -0.15) is 0 Å². The molecule has 21 heavy (non-hydrogen) atoms. The number of carbonyl (C=O) groups excluding carboxylic acids is 1. The fourth-order valence-corrected chi connectivity index (χ4v) is 2.74. The summed E-state index contributed by atoms with van der Waals surface area (Å²) in [6.45, 7) is 6.91. The molecule has 2 N–H and O–H groups in total. The lowest BCUT2D eigenvalue weighted by molar-refractivity contribution is 0.102. The molecule has 0 bridgehead atoms. The van der Waals surface area contributed by atoms with E-state index in [9.17, 15) is 4.79 Å². The van der Waals surface area contributed by atoms with Gasteiger partial charge in [0.05, 0.1) is 5.56 Å². The van der Waals surface area contributed by atoms with Gasteiger partial charge in [0.15, 0.2) is 0 Å². The van der Waals surface area contributed by atoms with Crippen molar-refractivity contribution in [2.45, 2.75) is 27.2 Å². The fourth-order valence-electron chi connectivity index (χ4n) is 1.80. The molecule has 2 heterocycles. The summed E-state index contributed by atoms with van der Waals surface area (Å²) in [5, 5.41) is 15.4. The van der Waals surface area contributed by atoms with Gasteiger partial charge in [0.2, 0.25) is 5.13 Å². The van der Waals surface area contributed by atoms with Crippen molar-refractivity contribution >= 4 is 28.2 Å². The average Bonchev–Trinajstić information content (AvgIpc) is 2.86. The summed E-state index contributed by atoms with van der Waals surface area (Å²) in [5.74, 6) is 0.857. The zero-order valence-electron chi connectivity index (χ0n) is 12.4. The van der Waals surface area contributed by atoms with Crippen molar-refractivity contribution < 1.29 is 4.79 Å². The van der Waals surface area contributed by atoms with Gasteiger partial charge in [0.1, 0.15) is 10.8 Å². The van der Waals surface area contributed by atoms with Crippen molar-refractivity contribution in [3.05, 3.63) is 28.9 Å². The van der Waals surface area contributed by atoms with Crippen LogP contribution >= 0.6 is 11.3 Å². The number of hydrogen-bond acceptors (Lipinski definition) is 6. The van der Waals surface area contributed by atoms with E-state index in [-0.39, 0.29) is 5.91 Å². The number of anilines is 2. The van der Waals surface area contributed by atoms with E-state index in [1.165, 1.54) is 11.3 Å². The van der Waals surface area contributed by atoms with Gasteiger partial charge < -0.3 is 5.32 Å². The van der Waals surface area contributed by atoms with Gasteiger partial charge in [0, 0.05) is 19.2 Å². The number of nitrogens with one attached hydrogen (secondary N) is 2. The quantitative estimate of drug-likeness (QED) is 0.858. The van der Waals surface area contributed by atoms with E-state index in [1.807, 2.05) is 6.92 Å². The molecule has 0 aliphatic heterocycles. The van der Waals surface area contributed by atoms with Gasteiger partial charge in [-0.25, -0.2) is 4.98 Å². The summed E-state index contributed by atoms with van der Waals surface area (Å²) in [4.78, 5) is 16.5. The van der Waals surface area contributed by atoms with E-state index in [0.29, 0.717) is 29.0 Å². The zero-order valence-corrected chi connectivity index (χ0v) is 13.2. The van der Waals surface area contributed by atoms with E-state index in [1.54, 1.807) is 18.3 Å². The number of carbonyl (C=O) groups is 1. The molecule has 2 aromatic rings. The molecule has 0 atom stereocenters. The monoisotopic (exact) mass is 305 g/mol. The highest BCUT2D eigenvalue weighted by atomic mass is 32.1. The number of aromatic nitrogens is 3. The van der Waals surface area contributed by atoms with Crippen LogP contribution in [0.25, 0.3) is 0 Å². The highest BCUT2D eigenvalue weighted by Crippen LogP contribution is 2.20. The maximum atomic E-state index is 12.3. The molecule has 0 aromatic carbocycles. The van der Waals surface area contributed by atoms with Crippen molar-refractivity contribution in [2.24, 2.45) is 5.92 Å². The van der Waals surface area contributed by atoms with Gasteiger partial charge in [-0.05, 0) is 25.0 Å². The van der Waals surface area contributed by atoms with Crippen LogP contribution < -0.4 is 10.6 Å². The lowest BCUT2D eigenvalue weighted by Crippen LogP contribution is -2.15. The Balaban J connectivity index is 2.09. The minimum atomic E-state index is -0.230. The lowest BCUT2D eigenvalue weighted by atomic mass is 10.1. The molecule has 2 rings (SSSR count). The van der Waals surface area contributed by atoms with Crippen LogP contribution in [0.5, 0.6) is 0 Å². The van der Waals surface area contributed by atoms with E-state index in [0.717, 1.165) is 11.4 Å². The molecule has 1 amide bonds. The van der Waals surface area contributed by atoms with Crippen molar-refractivity contribution in [1.82, 2.24) is 15.2 Å². The molecular formula is C14H19N5OS. The molecule has 7 heteroatoms. The zero-order chi connectivity index (χ0) is 15.2. The number of pyridine rings is 1. The molecule has 0 unspecified atom stereocenters. The summed E-state index contributed by atoms with van der Waals surface area (Å²) in [5.41, 5.74) is 0.500. The van der Waals surface area contributed by atoms with Gasteiger partial charge in [-0.15, -0.1) is 10.2 Å². The van der Waals surface area contributed by atoms with Crippen LogP contribution in [0.3, 0.4) is 0 Å². The Kier molecular flexibility index (Phi) is 5.21. The topological polar surface area (TPSA) is 79.8 Å². The normalized spacial score (nSPS) is 10.7. The van der Waals surface area contributed by atoms with Crippen LogP contribution in [-0.2, 0) is 6.42 Å². The second kappa shape index (κ2) is 7.12. The molecule has 0 aliphatic rings. The standard InChI is InChI=1S/C14H19N5OS/c1-4-15-12-10(6-5-7-16-12)13(20)17-14-19-18-11(21-14)8-9(2)3/h5-7,9H,4,8H2,1-3H3,(H,15,16)(H,17,19,20). The summed E-state index contributed by atoms with van der Waals surface area (Å²) in [7, 11) is 0. The Hall–Kier alpha value is -2.02. The molecule has 0 radical (unpaired) electrons. The minimum absolute atomic E-state index is 0.230. The van der Waals surface area contributed by atoms with Crippen molar-refractivity contribution in [1.29, 1.82) is 0 Å². The Morgan fingerprint density at radius 2 is 2.19 bits per heavy atom. The summed E-state index contributed by atoms with van der Waals surface area (Å²) in [6, 6.07) is 3.47. The SMILES string of the molecule is CCNc1ncccc1C(=O)Nc1nnc(CC(C)C)s1. The first-order valence-electron chi connectivity index (χ1n) is 6.92. The Morgan fingerprint density at radius 3 is 2.90 bits per heavy atom. The summed E-state index contributed by atoms with van der Waals surface area (Å²) >= 11 is 1.41. The summed E-state index contributed by atoms with van der Waals surface area (Å²) in [6.07, 6.45) is 2.52. The van der Waals surface area contributed by atoms with Crippen LogP contribution in [0.4, 0.5) is 10.9 Å². The first-order chi connectivity index (χ1) is 10.1. The Morgan fingerprint density at radius 1 is 1.38 bits per heavy atom. The second-order valence-electron chi connectivity index (χ2n) is 4.98. The third-order valence-corrected chi connectivity index (χ3v) is 3.53. The predicted octanol–water partition coefficient (Wildman–Crippen LogP) is 2.82. The molecule has 0 spiro atoms. The second-order valence-corrected chi connectivity index (χ2v) is 6.05. The van der Waals surface area contributed by atoms with Crippen LogP contribution in [0, 0.1) is 5.92 Å². The minimum Gasteiger partial charge on any atom is -0.370 e. The molecule has 112 valence electrons. The van der Waals surface area contributed by atoms with Crippen molar-refractivity contribution in [3.63, 3.8) is 0 Å². The maximum absolute atomic E-state index is 12.3. The van der Waals surface area contributed by atoms with E-state index in [2.05, 4.69) is 39.7 Å². The van der Waals surface area contributed by atoms with Crippen LogP contribution in [-0.4, -0.2) is 27.6 Å². The van der Waals surface area contributed by atoms with Crippen LogP contribution in [0.15, 0.2) is 18.3 Å². The maximum Gasteiger partial charge on any atom is 0.261 e. The van der Waals surface area contributed by atoms with Crippen LogP contribution in [0.1, 0.15) is 36.1 Å². The van der Waals surface area contributed by atoms with Crippen molar-refractivity contribution in [2.75, 3.05) is 17.2 Å². The van der Waals surface area contributed by atoms with E-state index in [4.69, 9.17) is 0 Å². The lowest BCUT2D eigenvalue weighted by Gasteiger charge is -2.08. The first-order valence-corrected chi connectivity index (χ1v) is 7.74. The third-order valence-electron chi connectivity index (χ3n) is 2.67. The van der Waals surface area contributed by atoms with E-state index >= 15 is 0 Å². The number of amides is 1. The smallest absolute Gasteiger partial charge is 0.261 e. The average molecular weight is 305 g/mol. The molecule has 0 saturated carbocycles. The van der Waals surface area contributed by atoms with Gasteiger partial charge in [-0.3, -0.25) is 10.1 Å². The highest BCUT2D eigenvalue weighted by Gasteiger charge is 2.14. The van der Waals surface area contributed by atoms with Gasteiger partial charge in [-0.1, -0.05) is 25.2 Å². The number of hydrogen-bond donors (Lipinski definition) is 2. The molecule has 0 fully saturated rings. The number of nitrogens with zero attached hydrogens (tertiary/aromatic N) is 3. The van der Waals surface area contributed by atoms with Crippen LogP contribution in [0.2, 0.25) is 0 Å².